The smallest absolute Gasteiger partial charge is 0.0596 e. The van der Waals surface area contributed by atoms with Crippen LogP contribution in [-0.4, -0.2) is 11.2 Å². The molecule has 4 fully saturated rings. The Kier molecular flexibility index (Phi) is 3.27. The lowest BCUT2D eigenvalue weighted by atomic mass is 9.44. The first-order valence-corrected chi connectivity index (χ1v) is 9.63. The van der Waals surface area contributed by atoms with E-state index in [2.05, 4.69) is 20.8 Å². The molecule has 0 aromatic rings. The van der Waals surface area contributed by atoms with Gasteiger partial charge in [0.25, 0.3) is 0 Å². The average molecular weight is 290 g/mol. The van der Waals surface area contributed by atoms with E-state index < -0.39 is 0 Å². The van der Waals surface area contributed by atoms with E-state index in [0.29, 0.717) is 5.41 Å². The van der Waals surface area contributed by atoms with Gasteiger partial charge in [-0.3, -0.25) is 0 Å². The highest BCUT2D eigenvalue weighted by Crippen LogP contribution is 2.66. The van der Waals surface area contributed by atoms with Gasteiger partial charge in [0.05, 0.1) is 6.10 Å². The second-order valence-corrected chi connectivity index (χ2v) is 9.68. The molecule has 0 saturated heterocycles. The topological polar surface area (TPSA) is 20.2 Å². The van der Waals surface area contributed by atoms with Gasteiger partial charge in [0, 0.05) is 0 Å². The van der Waals surface area contributed by atoms with E-state index in [1.54, 1.807) is 0 Å². The van der Waals surface area contributed by atoms with Gasteiger partial charge in [-0.25, -0.2) is 0 Å². The van der Waals surface area contributed by atoms with Crippen LogP contribution >= 0.6 is 0 Å². The van der Waals surface area contributed by atoms with Crippen LogP contribution < -0.4 is 0 Å². The van der Waals surface area contributed by atoms with E-state index in [-0.39, 0.29) is 11.5 Å². The maximum Gasteiger partial charge on any atom is 0.0596 e. The highest BCUT2D eigenvalue weighted by atomic mass is 16.3. The minimum absolute atomic E-state index is 0.0146. The van der Waals surface area contributed by atoms with Gasteiger partial charge in [-0.15, -0.1) is 0 Å². The predicted octanol–water partition coefficient (Wildman–Crippen LogP) is 5.03. The molecule has 1 N–H and O–H groups in total. The molecule has 120 valence electrons. The lowest BCUT2D eigenvalue weighted by Crippen LogP contribution is -2.54. The summed E-state index contributed by atoms with van der Waals surface area (Å²) in [7, 11) is 0. The minimum Gasteiger partial charge on any atom is -0.393 e. The van der Waals surface area contributed by atoms with E-state index in [1.165, 1.54) is 51.4 Å². The van der Waals surface area contributed by atoms with Crippen molar-refractivity contribution in [3.8, 4) is 0 Å². The van der Waals surface area contributed by atoms with Gasteiger partial charge < -0.3 is 5.11 Å². The molecule has 21 heavy (non-hydrogen) atoms. The van der Waals surface area contributed by atoms with Crippen molar-refractivity contribution in [2.24, 2.45) is 40.4 Å². The van der Waals surface area contributed by atoms with Crippen molar-refractivity contribution in [1.29, 1.82) is 0 Å². The Hall–Kier alpha value is -0.0400. The first kappa shape index (κ1) is 14.5. The molecule has 0 bridgehead atoms. The minimum atomic E-state index is -0.0146. The molecular formula is C20H34O. The van der Waals surface area contributed by atoms with Gasteiger partial charge >= 0.3 is 0 Å². The van der Waals surface area contributed by atoms with Crippen LogP contribution in [0.1, 0.15) is 78.6 Å². The van der Waals surface area contributed by atoms with Crippen LogP contribution in [0.5, 0.6) is 0 Å². The van der Waals surface area contributed by atoms with E-state index >= 15 is 0 Å². The van der Waals surface area contributed by atoms with Crippen LogP contribution in [0.2, 0.25) is 0 Å². The Morgan fingerprint density at radius 3 is 2.33 bits per heavy atom. The third-order valence-electron chi connectivity index (χ3n) is 8.81. The normalized spacial score (nSPS) is 60.0. The number of aliphatic hydroxyl groups excluding tert-OH is 1. The number of rotatable bonds is 0. The zero-order valence-electron chi connectivity index (χ0n) is 14.3. The van der Waals surface area contributed by atoms with Gasteiger partial charge in [0.15, 0.2) is 0 Å². The summed E-state index contributed by atoms with van der Waals surface area (Å²) in [5.41, 5.74) is 0.875. The summed E-state index contributed by atoms with van der Waals surface area (Å²) in [6.07, 6.45) is 12.4. The second-order valence-electron chi connectivity index (χ2n) is 9.68. The number of fused-ring (bicyclic) bond motifs is 5. The van der Waals surface area contributed by atoms with Crippen molar-refractivity contribution in [2.75, 3.05) is 0 Å². The molecule has 4 aliphatic carbocycles. The lowest BCUT2D eigenvalue weighted by Gasteiger charge is -2.61. The maximum atomic E-state index is 10.5. The Bertz CT molecular complexity index is 418. The Morgan fingerprint density at radius 1 is 0.810 bits per heavy atom. The molecule has 4 rings (SSSR count). The highest BCUT2D eigenvalue weighted by molar-refractivity contribution is 5.09. The van der Waals surface area contributed by atoms with Crippen molar-refractivity contribution >= 4 is 0 Å². The van der Waals surface area contributed by atoms with Gasteiger partial charge in [0.2, 0.25) is 0 Å². The van der Waals surface area contributed by atoms with Crippen LogP contribution in [0.25, 0.3) is 0 Å². The Labute approximate surface area is 130 Å². The third kappa shape index (κ3) is 1.92. The van der Waals surface area contributed by atoms with Crippen molar-refractivity contribution in [1.82, 2.24) is 0 Å². The fourth-order valence-electron chi connectivity index (χ4n) is 7.64. The lowest BCUT2D eigenvalue weighted by molar-refractivity contribution is -0.127. The molecule has 0 aromatic heterocycles. The molecule has 8 atom stereocenters. The van der Waals surface area contributed by atoms with Crippen LogP contribution in [0.4, 0.5) is 0 Å². The summed E-state index contributed by atoms with van der Waals surface area (Å²) in [6, 6.07) is 0. The molecule has 0 spiro atoms. The Balaban J connectivity index is 1.64. The quantitative estimate of drug-likeness (QED) is 0.663. The summed E-state index contributed by atoms with van der Waals surface area (Å²) in [6.45, 7) is 7.54. The molecule has 0 unspecified atom stereocenters. The van der Waals surface area contributed by atoms with Crippen LogP contribution in [0.15, 0.2) is 0 Å². The first-order chi connectivity index (χ1) is 9.95. The fraction of sp³-hybridized carbons (Fsp3) is 1.00. The van der Waals surface area contributed by atoms with Crippen LogP contribution in [0, 0.1) is 40.4 Å². The largest absolute Gasteiger partial charge is 0.393 e. The van der Waals surface area contributed by atoms with Crippen LogP contribution in [-0.2, 0) is 0 Å². The molecular weight excluding hydrogens is 256 g/mol. The maximum absolute atomic E-state index is 10.5. The molecule has 0 aromatic carbocycles. The van der Waals surface area contributed by atoms with Crippen LogP contribution in [0.3, 0.4) is 0 Å². The standard InChI is InChI=1S/C20H34O/c1-13-4-5-14-6-7-15-16-8-9-18(21)19(16,2)11-10-17(15)20(14,3)12-13/h13-18,21H,4-12H2,1-3H3/t13-,14+,15-,16-,17-,18-,19-,20-/m0/s1. The van der Waals surface area contributed by atoms with E-state index in [9.17, 15) is 5.11 Å². The van der Waals surface area contributed by atoms with Gasteiger partial charge in [-0.05, 0) is 91.8 Å². The molecule has 0 heterocycles. The highest BCUT2D eigenvalue weighted by Gasteiger charge is 2.59. The first-order valence-electron chi connectivity index (χ1n) is 9.63. The molecule has 4 saturated carbocycles. The molecule has 0 amide bonds. The molecule has 4 aliphatic rings. The Morgan fingerprint density at radius 2 is 1.52 bits per heavy atom. The fourth-order valence-corrected chi connectivity index (χ4v) is 7.64. The van der Waals surface area contributed by atoms with Crippen molar-refractivity contribution in [2.45, 2.75) is 84.7 Å². The molecule has 1 nitrogen and oxygen atoms in total. The number of aliphatic hydroxyl groups is 1. The van der Waals surface area contributed by atoms with E-state index in [4.69, 9.17) is 0 Å². The van der Waals surface area contributed by atoms with Gasteiger partial charge in [-0.1, -0.05) is 27.2 Å². The predicted molar refractivity (Wildman–Crippen MR) is 86.9 cm³/mol. The molecule has 0 aliphatic heterocycles. The van der Waals surface area contributed by atoms with Gasteiger partial charge in [-0.2, -0.15) is 0 Å². The summed E-state index contributed by atoms with van der Waals surface area (Å²) < 4.78 is 0. The SMILES string of the molecule is C[C@H]1CC[C@@H]2CC[C@@H]3[C@H](CC[C@]4(C)[C@@H](O)CC[C@@H]34)[C@@]2(C)C1. The van der Waals surface area contributed by atoms with Crippen molar-refractivity contribution in [3.63, 3.8) is 0 Å². The zero-order valence-corrected chi connectivity index (χ0v) is 14.3. The zero-order chi connectivity index (χ0) is 14.8. The van der Waals surface area contributed by atoms with Gasteiger partial charge in [0.1, 0.15) is 0 Å². The number of hydrogen-bond donors (Lipinski definition) is 1. The van der Waals surface area contributed by atoms with Crippen molar-refractivity contribution in [3.05, 3.63) is 0 Å². The molecule has 0 radical (unpaired) electrons. The second kappa shape index (κ2) is 4.73. The average Bonchev–Trinajstić information content (AvgIpc) is 2.74. The van der Waals surface area contributed by atoms with E-state index in [0.717, 1.165) is 36.0 Å². The monoisotopic (exact) mass is 290 g/mol. The summed E-state index contributed by atoms with van der Waals surface area (Å²) >= 11 is 0. The summed E-state index contributed by atoms with van der Waals surface area (Å²) in [5.74, 6) is 4.65. The van der Waals surface area contributed by atoms with E-state index in [1.807, 2.05) is 0 Å². The summed E-state index contributed by atoms with van der Waals surface area (Å²) in [5, 5.41) is 10.5. The number of hydrogen-bond acceptors (Lipinski definition) is 1. The van der Waals surface area contributed by atoms with Crippen molar-refractivity contribution < 1.29 is 5.11 Å². The molecule has 1 heteroatoms. The third-order valence-corrected chi connectivity index (χ3v) is 8.81. The summed E-state index contributed by atoms with van der Waals surface area (Å²) in [4.78, 5) is 0.